The molecule has 0 aliphatic rings. The smallest absolute Gasteiger partial charge is 0.330 e. The van der Waals surface area contributed by atoms with Crippen molar-refractivity contribution in [2.24, 2.45) is 0 Å². The quantitative estimate of drug-likeness (QED) is 0.126. The van der Waals surface area contributed by atoms with Gasteiger partial charge in [-0.1, -0.05) is 24.3 Å². The fraction of sp³-hybridized carbons (Fsp3) is 0.303. The highest BCUT2D eigenvalue weighted by atomic mass is 16.6. The maximum absolute atomic E-state index is 11.7. The lowest BCUT2D eigenvalue weighted by molar-refractivity contribution is -0.142. The summed E-state index contributed by atoms with van der Waals surface area (Å²) in [5.41, 5.74) is 1.26. The summed E-state index contributed by atoms with van der Waals surface area (Å²) in [6.07, 6.45) is 1.50. The van der Waals surface area contributed by atoms with E-state index in [2.05, 4.69) is 4.74 Å². The summed E-state index contributed by atoms with van der Waals surface area (Å²) in [5, 5.41) is 0. The third kappa shape index (κ3) is 9.41. The summed E-state index contributed by atoms with van der Waals surface area (Å²) in [5.74, 6) is 0.734. The minimum Gasteiger partial charge on any atom is -0.493 e. The predicted molar refractivity (Wildman–Crippen MR) is 160 cm³/mol. The molecule has 0 saturated heterocycles. The maximum Gasteiger partial charge on any atom is 0.330 e. The fourth-order valence-corrected chi connectivity index (χ4v) is 4.18. The van der Waals surface area contributed by atoms with Crippen LogP contribution in [0.4, 0.5) is 0 Å². The minimum absolute atomic E-state index is 0.0338. The Kier molecular flexibility index (Phi) is 12.5. The predicted octanol–water partition coefficient (Wildman–Crippen LogP) is 5.34. The fourth-order valence-electron chi connectivity index (χ4n) is 4.18. The molecule has 0 aliphatic heterocycles. The van der Waals surface area contributed by atoms with Crippen LogP contribution in [0.3, 0.4) is 0 Å². The van der Waals surface area contributed by atoms with Crippen LogP contribution >= 0.6 is 0 Å². The number of hydrogen-bond acceptors (Lipinski definition) is 11. The van der Waals surface area contributed by atoms with Crippen molar-refractivity contribution in [1.29, 1.82) is 0 Å². The molecule has 0 radical (unpaired) electrons. The Bertz CT molecular complexity index is 1460. The molecule has 0 heterocycles. The largest absolute Gasteiger partial charge is 0.493 e. The van der Waals surface area contributed by atoms with Gasteiger partial charge in [-0.3, -0.25) is 9.59 Å². The zero-order chi connectivity index (χ0) is 32.1. The van der Waals surface area contributed by atoms with Crippen molar-refractivity contribution in [2.45, 2.75) is 32.5 Å². The van der Waals surface area contributed by atoms with Crippen molar-refractivity contribution in [3.05, 3.63) is 77.9 Å². The minimum atomic E-state index is -0.846. The Morgan fingerprint density at radius 2 is 1.34 bits per heavy atom. The van der Waals surface area contributed by atoms with E-state index in [0.717, 1.165) is 0 Å². The number of benzene rings is 3. The van der Waals surface area contributed by atoms with Crippen LogP contribution in [0, 0.1) is 0 Å². The Hall–Kier alpha value is -5.19. The number of ether oxygens (including phenoxy) is 8. The van der Waals surface area contributed by atoms with Gasteiger partial charge >= 0.3 is 17.9 Å². The molecule has 11 heteroatoms. The molecule has 2 atom stereocenters. The highest BCUT2D eigenvalue weighted by Crippen LogP contribution is 2.39. The first-order valence-electron chi connectivity index (χ1n) is 13.6. The third-order valence-electron chi connectivity index (χ3n) is 6.22. The molecule has 0 unspecified atom stereocenters. The number of esters is 3. The second-order valence-corrected chi connectivity index (χ2v) is 9.25. The van der Waals surface area contributed by atoms with Crippen LogP contribution in [-0.4, -0.2) is 59.1 Å². The monoisotopic (exact) mass is 608 g/mol. The van der Waals surface area contributed by atoms with E-state index >= 15 is 0 Å². The van der Waals surface area contributed by atoms with Gasteiger partial charge < -0.3 is 37.9 Å². The van der Waals surface area contributed by atoms with Gasteiger partial charge in [0.2, 0.25) is 0 Å². The Morgan fingerprint density at radius 1 is 0.705 bits per heavy atom. The molecule has 0 amide bonds. The first-order valence-corrected chi connectivity index (χ1v) is 13.6. The molecule has 0 spiro atoms. The van der Waals surface area contributed by atoms with Crippen LogP contribution in [0.1, 0.15) is 37.5 Å². The van der Waals surface area contributed by atoms with Crippen molar-refractivity contribution in [3.8, 4) is 34.5 Å². The van der Waals surface area contributed by atoms with Crippen LogP contribution in [0.2, 0.25) is 0 Å². The average molecular weight is 609 g/mol. The van der Waals surface area contributed by atoms with E-state index in [-0.39, 0.29) is 24.5 Å². The van der Waals surface area contributed by atoms with Crippen LogP contribution < -0.4 is 28.4 Å². The van der Waals surface area contributed by atoms with Gasteiger partial charge in [0.25, 0.3) is 0 Å². The highest BCUT2D eigenvalue weighted by Gasteiger charge is 2.31. The van der Waals surface area contributed by atoms with E-state index in [1.54, 1.807) is 60.7 Å². The van der Waals surface area contributed by atoms with Gasteiger partial charge in [-0.15, -0.1) is 0 Å². The summed E-state index contributed by atoms with van der Waals surface area (Å²) in [7, 11) is 5.77. The molecule has 0 aromatic heterocycles. The van der Waals surface area contributed by atoms with Crippen molar-refractivity contribution in [2.75, 3.05) is 35.0 Å². The molecule has 0 fully saturated rings. The Labute approximate surface area is 256 Å². The summed E-state index contributed by atoms with van der Waals surface area (Å²) in [4.78, 5) is 34.9. The molecular formula is C33H36O11. The first-order chi connectivity index (χ1) is 21.2. The lowest BCUT2D eigenvalue weighted by atomic mass is 10.0. The molecule has 0 N–H and O–H groups in total. The average Bonchev–Trinajstić information content (AvgIpc) is 3.02. The van der Waals surface area contributed by atoms with E-state index in [4.69, 9.17) is 33.2 Å². The zero-order valence-corrected chi connectivity index (χ0v) is 25.5. The number of carbonyl (C=O) groups excluding carboxylic acids is 3. The van der Waals surface area contributed by atoms with E-state index in [0.29, 0.717) is 34.1 Å². The second kappa shape index (κ2) is 16.4. The molecule has 3 rings (SSSR count). The van der Waals surface area contributed by atoms with Gasteiger partial charge in [0.15, 0.2) is 40.6 Å². The summed E-state index contributed by atoms with van der Waals surface area (Å²) in [6, 6.07) is 17.2. The van der Waals surface area contributed by atoms with Crippen molar-refractivity contribution < 1.29 is 52.3 Å². The molecule has 3 aromatic rings. The molecule has 234 valence electrons. The van der Waals surface area contributed by atoms with Gasteiger partial charge in [-0.05, 0) is 48.0 Å². The molecular weight excluding hydrogens is 572 g/mol. The van der Waals surface area contributed by atoms with Gasteiger partial charge in [0, 0.05) is 31.9 Å². The van der Waals surface area contributed by atoms with Gasteiger partial charge in [0.1, 0.15) is 6.10 Å². The standard InChI is InChI=1S/C33H36O11/c1-21(34)41-18-17-29(43-26-10-8-7-9-25(26)37-3)33(24-13-15-27(42-22(2)35)31(20-24)39-5)44-28-14-11-23(19-30(28)38-4)12-16-32(36)40-6/h7-16,19-20,29,33H,17-18H2,1-6H3/b16-12+/t29-,33+/m0/s1. The lowest BCUT2D eigenvalue weighted by Gasteiger charge is -2.30. The Morgan fingerprint density at radius 3 is 1.98 bits per heavy atom. The van der Waals surface area contributed by atoms with E-state index in [1.165, 1.54) is 48.4 Å². The molecule has 3 aromatic carbocycles. The topological polar surface area (TPSA) is 125 Å². The van der Waals surface area contributed by atoms with Gasteiger partial charge in [0.05, 0.1) is 35.0 Å². The van der Waals surface area contributed by atoms with Crippen molar-refractivity contribution in [1.82, 2.24) is 0 Å². The Balaban J connectivity index is 2.12. The molecule has 0 saturated carbocycles. The van der Waals surface area contributed by atoms with Crippen LogP contribution in [0.5, 0.6) is 34.5 Å². The van der Waals surface area contributed by atoms with E-state index < -0.39 is 30.1 Å². The first kappa shape index (κ1) is 33.3. The normalized spacial score (nSPS) is 12.0. The maximum atomic E-state index is 11.7. The third-order valence-corrected chi connectivity index (χ3v) is 6.22. The van der Waals surface area contributed by atoms with Gasteiger partial charge in [-0.25, -0.2) is 4.79 Å². The van der Waals surface area contributed by atoms with Crippen LogP contribution in [0.15, 0.2) is 66.7 Å². The SMILES string of the molecule is COC(=O)/C=C/c1ccc(O[C@H](c2ccc(OC(C)=O)c(OC)c2)[C@H](CCOC(C)=O)Oc2ccccc2OC)c(OC)c1. The number of carbonyl (C=O) groups is 3. The van der Waals surface area contributed by atoms with Crippen molar-refractivity contribution >= 4 is 24.0 Å². The number of methoxy groups -OCH3 is 4. The summed E-state index contributed by atoms with van der Waals surface area (Å²) < 4.78 is 45.0. The number of hydrogen-bond donors (Lipinski definition) is 0. The van der Waals surface area contributed by atoms with Crippen molar-refractivity contribution in [3.63, 3.8) is 0 Å². The van der Waals surface area contributed by atoms with E-state index in [9.17, 15) is 14.4 Å². The zero-order valence-electron chi connectivity index (χ0n) is 25.5. The molecule has 0 aliphatic carbocycles. The van der Waals surface area contributed by atoms with Gasteiger partial charge in [-0.2, -0.15) is 0 Å². The number of para-hydroxylation sites is 2. The molecule has 44 heavy (non-hydrogen) atoms. The highest BCUT2D eigenvalue weighted by molar-refractivity contribution is 5.87. The van der Waals surface area contributed by atoms with E-state index in [1.807, 2.05) is 6.07 Å². The molecule has 11 nitrogen and oxygen atoms in total. The second-order valence-electron chi connectivity index (χ2n) is 9.25. The van der Waals surface area contributed by atoms with Crippen LogP contribution in [0.25, 0.3) is 6.08 Å². The lowest BCUT2D eigenvalue weighted by Crippen LogP contribution is -2.31. The summed E-state index contributed by atoms with van der Waals surface area (Å²) >= 11 is 0. The number of rotatable bonds is 15. The van der Waals surface area contributed by atoms with Crippen LogP contribution in [-0.2, 0) is 23.9 Å². The molecule has 0 bridgehead atoms. The summed E-state index contributed by atoms with van der Waals surface area (Å²) in [6.45, 7) is 2.65.